The van der Waals surface area contributed by atoms with Gasteiger partial charge in [0.25, 0.3) is 11.5 Å². The van der Waals surface area contributed by atoms with Crippen LogP contribution in [0.4, 0.5) is 26.3 Å². The molecule has 4 rings (SSSR count). The van der Waals surface area contributed by atoms with Crippen LogP contribution >= 0.6 is 0 Å². The van der Waals surface area contributed by atoms with Crippen molar-refractivity contribution in [2.75, 3.05) is 26.3 Å². The molecule has 9 nitrogen and oxygen atoms in total. The standard InChI is InChI=1S/C26H26F6N4O5/c1-2-16-11-18-20(24(40)36(16)17-5-3-14(4-6-17)26(30,31)32)22(41-13-25(27,28)29)21(34-18)23(39)33-15-7-9-35(10-8-15)19(38)12-37/h3-6,11,15,34,37H,2,7-10,12-13H2,1H3,(H,33,39). The second-order valence-corrected chi connectivity index (χ2v) is 9.48. The molecule has 1 aliphatic heterocycles. The second kappa shape index (κ2) is 11.5. The van der Waals surface area contributed by atoms with Crippen LogP contribution in [0.15, 0.2) is 35.1 Å². The number of nitrogens with zero attached hydrogens (tertiary/aromatic N) is 2. The summed E-state index contributed by atoms with van der Waals surface area (Å²) in [6.07, 6.45) is -8.57. The molecule has 1 saturated heterocycles. The number of hydrogen-bond acceptors (Lipinski definition) is 5. The van der Waals surface area contributed by atoms with E-state index < -0.39 is 66.0 Å². The lowest BCUT2D eigenvalue weighted by Crippen LogP contribution is -2.47. The molecular formula is C26H26F6N4O5. The summed E-state index contributed by atoms with van der Waals surface area (Å²) >= 11 is 0. The minimum Gasteiger partial charge on any atom is -0.481 e. The molecule has 0 unspecified atom stereocenters. The number of aryl methyl sites for hydroxylation is 1. The van der Waals surface area contributed by atoms with Gasteiger partial charge in [0.1, 0.15) is 17.7 Å². The number of hydrogen-bond donors (Lipinski definition) is 3. The Morgan fingerprint density at radius 2 is 1.73 bits per heavy atom. The molecule has 3 N–H and O–H groups in total. The Bertz CT molecular complexity index is 1490. The van der Waals surface area contributed by atoms with Gasteiger partial charge in [0.2, 0.25) is 5.91 Å². The zero-order chi connectivity index (χ0) is 30.1. The Balaban J connectivity index is 1.75. The van der Waals surface area contributed by atoms with E-state index >= 15 is 0 Å². The third-order valence-corrected chi connectivity index (χ3v) is 6.74. The first-order chi connectivity index (χ1) is 19.2. The molecular weight excluding hydrogens is 562 g/mol. The fourth-order valence-corrected chi connectivity index (χ4v) is 4.73. The normalized spacial score (nSPS) is 14.9. The van der Waals surface area contributed by atoms with Crippen LogP contribution < -0.4 is 15.6 Å². The maximum Gasteiger partial charge on any atom is 0.422 e. The lowest BCUT2D eigenvalue weighted by molar-refractivity contribution is -0.153. The third kappa shape index (κ3) is 6.50. The molecule has 222 valence electrons. The highest BCUT2D eigenvalue weighted by atomic mass is 19.4. The zero-order valence-corrected chi connectivity index (χ0v) is 21.7. The Kier molecular flexibility index (Phi) is 8.38. The summed E-state index contributed by atoms with van der Waals surface area (Å²) in [5.74, 6) is -1.95. The van der Waals surface area contributed by atoms with Crippen LogP contribution in [0.1, 0.15) is 41.5 Å². The van der Waals surface area contributed by atoms with Crippen molar-refractivity contribution in [1.29, 1.82) is 0 Å². The summed E-state index contributed by atoms with van der Waals surface area (Å²) in [6.45, 7) is -0.308. The lowest BCUT2D eigenvalue weighted by Gasteiger charge is -2.32. The summed E-state index contributed by atoms with van der Waals surface area (Å²) < 4.78 is 84.6. The number of amides is 2. The lowest BCUT2D eigenvalue weighted by atomic mass is 10.0. The number of aliphatic hydroxyl groups is 1. The van der Waals surface area contributed by atoms with Gasteiger partial charge in [0.15, 0.2) is 12.4 Å². The number of likely N-dealkylation sites (tertiary alicyclic amines) is 1. The van der Waals surface area contributed by atoms with Crippen molar-refractivity contribution < 1.29 is 45.8 Å². The van der Waals surface area contributed by atoms with Gasteiger partial charge in [-0.05, 0) is 49.6 Å². The first-order valence-electron chi connectivity index (χ1n) is 12.6. The van der Waals surface area contributed by atoms with Crippen LogP contribution in [0.25, 0.3) is 16.6 Å². The summed E-state index contributed by atoms with van der Waals surface area (Å²) in [4.78, 5) is 42.7. The summed E-state index contributed by atoms with van der Waals surface area (Å²) in [7, 11) is 0. The van der Waals surface area contributed by atoms with Gasteiger partial charge in [-0.15, -0.1) is 0 Å². The number of H-pyrrole nitrogens is 1. The van der Waals surface area contributed by atoms with E-state index in [2.05, 4.69) is 10.3 Å². The van der Waals surface area contributed by atoms with Crippen LogP contribution in [0.2, 0.25) is 0 Å². The predicted molar refractivity (Wildman–Crippen MR) is 134 cm³/mol. The van der Waals surface area contributed by atoms with E-state index in [-0.39, 0.29) is 36.1 Å². The molecule has 0 saturated carbocycles. The summed E-state index contributed by atoms with van der Waals surface area (Å²) in [5.41, 5.74) is -1.89. The summed E-state index contributed by atoms with van der Waals surface area (Å²) in [5, 5.41) is 11.3. The number of nitrogens with one attached hydrogen (secondary N) is 2. The SMILES string of the molecule is CCc1cc2[nH]c(C(=O)NC3CCN(C(=O)CO)CC3)c(OCC(F)(F)F)c2c(=O)n1-c1ccc(C(F)(F)F)cc1. The van der Waals surface area contributed by atoms with Gasteiger partial charge < -0.3 is 25.0 Å². The van der Waals surface area contributed by atoms with Crippen molar-refractivity contribution in [2.45, 2.75) is 44.6 Å². The molecule has 0 aliphatic carbocycles. The van der Waals surface area contributed by atoms with Crippen molar-refractivity contribution in [3.63, 3.8) is 0 Å². The van der Waals surface area contributed by atoms with E-state index in [1.807, 2.05) is 0 Å². The first kappa shape index (κ1) is 30.0. The molecule has 1 aromatic carbocycles. The van der Waals surface area contributed by atoms with Crippen molar-refractivity contribution in [2.24, 2.45) is 0 Å². The molecule has 1 fully saturated rings. The average molecular weight is 589 g/mol. The number of aromatic nitrogens is 2. The van der Waals surface area contributed by atoms with Crippen molar-refractivity contribution in [3.8, 4) is 11.4 Å². The fourth-order valence-electron chi connectivity index (χ4n) is 4.73. The van der Waals surface area contributed by atoms with E-state index in [0.717, 1.165) is 28.8 Å². The van der Waals surface area contributed by atoms with Crippen LogP contribution in [0, 0.1) is 0 Å². The van der Waals surface area contributed by atoms with Gasteiger partial charge >= 0.3 is 12.4 Å². The number of alkyl halides is 6. The van der Waals surface area contributed by atoms with E-state index in [9.17, 15) is 40.7 Å². The molecule has 0 atom stereocenters. The number of halogens is 6. The van der Waals surface area contributed by atoms with Crippen LogP contribution in [-0.4, -0.2) is 69.9 Å². The minimum absolute atomic E-state index is 0.0145. The first-order valence-corrected chi connectivity index (χ1v) is 12.6. The number of piperidine rings is 1. The highest BCUT2D eigenvalue weighted by Crippen LogP contribution is 2.33. The van der Waals surface area contributed by atoms with Crippen LogP contribution in [0.3, 0.4) is 0 Å². The number of fused-ring (bicyclic) bond motifs is 1. The van der Waals surface area contributed by atoms with Gasteiger partial charge in [0, 0.05) is 30.5 Å². The average Bonchev–Trinajstić information content (AvgIpc) is 3.30. The van der Waals surface area contributed by atoms with Crippen LogP contribution in [-0.2, 0) is 17.4 Å². The van der Waals surface area contributed by atoms with E-state index in [4.69, 9.17) is 9.84 Å². The number of carbonyl (C=O) groups is 2. The van der Waals surface area contributed by atoms with Gasteiger partial charge in [-0.25, -0.2) is 0 Å². The third-order valence-electron chi connectivity index (χ3n) is 6.74. The van der Waals surface area contributed by atoms with Crippen LogP contribution in [0.5, 0.6) is 5.75 Å². The number of rotatable bonds is 7. The minimum atomic E-state index is -4.81. The zero-order valence-electron chi connectivity index (χ0n) is 21.7. The molecule has 41 heavy (non-hydrogen) atoms. The highest BCUT2D eigenvalue weighted by Gasteiger charge is 2.33. The number of ether oxygens (including phenoxy) is 1. The van der Waals surface area contributed by atoms with Crippen molar-refractivity contribution in [3.05, 3.63) is 57.6 Å². The number of pyridine rings is 1. The van der Waals surface area contributed by atoms with Gasteiger partial charge in [-0.3, -0.25) is 19.0 Å². The Morgan fingerprint density at radius 1 is 1.10 bits per heavy atom. The number of aliphatic hydroxyl groups excluding tert-OH is 1. The quantitative estimate of drug-likeness (QED) is 0.365. The van der Waals surface area contributed by atoms with E-state index in [1.54, 1.807) is 6.92 Å². The molecule has 0 radical (unpaired) electrons. The maximum absolute atomic E-state index is 13.7. The van der Waals surface area contributed by atoms with Gasteiger partial charge in [0.05, 0.1) is 11.1 Å². The van der Waals surface area contributed by atoms with Crippen molar-refractivity contribution in [1.82, 2.24) is 19.8 Å². The number of aromatic amines is 1. The molecule has 2 aromatic heterocycles. The predicted octanol–water partition coefficient (Wildman–Crippen LogP) is 3.55. The number of benzene rings is 1. The topological polar surface area (TPSA) is 117 Å². The summed E-state index contributed by atoms with van der Waals surface area (Å²) in [6, 6.07) is 4.66. The second-order valence-electron chi connectivity index (χ2n) is 9.48. The Labute approximate surface area is 228 Å². The molecule has 1 aliphatic rings. The molecule has 3 aromatic rings. The smallest absolute Gasteiger partial charge is 0.422 e. The molecule has 0 spiro atoms. The largest absolute Gasteiger partial charge is 0.481 e. The maximum atomic E-state index is 13.7. The molecule has 0 bridgehead atoms. The Hall–Kier alpha value is -4.01. The highest BCUT2D eigenvalue weighted by molar-refractivity contribution is 6.03. The van der Waals surface area contributed by atoms with Crippen molar-refractivity contribution >= 4 is 22.7 Å². The molecule has 15 heteroatoms. The fraction of sp³-hybridized carbons (Fsp3) is 0.423. The molecule has 3 heterocycles. The van der Waals surface area contributed by atoms with Gasteiger partial charge in [-0.1, -0.05) is 6.92 Å². The Morgan fingerprint density at radius 3 is 2.27 bits per heavy atom. The van der Waals surface area contributed by atoms with E-state index in [0.29, 0.717) is 18.5 Å². The van der Waals surface area contributed by atoms with Gasteiger partial charge in [-0.2, -0.15) is 26.3 Å². The van der Waals surface area contributed by atoms with E-state index in [1.165, 1.54) is 11.0 Å². The number of carbonyl (C=O) groups excluding carboxylic acids is 2. The monoisotopic (exact) mass is 588 g/mol. The molecule has 2 amide bonds.